The van der Waals surface area contributed by atoms with Crippen molar-refractivity contribution in [3.63, 3.8) is 0 Å². The van der Waals surface area contributed by atoms with Crippen LogP contribution in [0.4, 0.5) is 0 Å². The van der Waals surface area contributed by atoms with Gasteiger partial charge in [-0.25, -0.2) is 0 Å². The van der Waals surface area contributed by atoms with Crippen molar-refractivity contribution in [2.45, 2.75) is 44.8 Å². The van der Waals surface area contributed by atoms with E-state index < -0.39 is 0 Å². The normalized spacial score (nSPS) is 17.6. The van der Waals surface area contributed by atoms with Crippen LogP contribution in [-0.2, 0) is 17.8 Å². The van der Waals surface area contributed by atoms with E-state index in [0.29, 0.717) is 11.6 Å². The molecular weight excluding hydrogens is 350 g/mol. The molecule has 1 saturated carbocycles. The second-order valence-corrected chi connectivity index (χ2v) is 7.40. The van der Waals surface area contributed by atoms with E-state index in [1.807, 2.05) is 35.1 Å². The average molecular weight is 370 g/mol. The molecule has 5 rings (SSSR count). The first kappa shape index (κ1) is 16.1. The van der Waals surface area contributed by atoms with Gasteiger partial charge in [0.05, 0.1) is 30.0 Å². The van der Waals surface area contributed by atoms with Crippen LogP contribution in [-0.4, -0.2) is 27.5 Å². The van der Waals surface area contributed by atoms with Crippen molar-refractivity contribution in [3.8, 4) is 11.6 Å². The van der Waals surface area contributed by atoms with Crippen molar-refractivity contribution in [1.29, 1.82) is 0 Å². The molecule has 0 unspecified atom stereocenters. The molecular formula is C20H20ClN3O2. The predicted octanol–water partition coefficient (Wildman–Crippen LogP) is 4.47. The van der Waals surface area contributed by atoms with Gasteiger partial charge in [0.2, 0.25) is 5.88 Å². The summed E-state index contributed by atoms with van der Waals surface area (Å²) in [4.78, 5) is 4.67. The highest BCUT2D eigenvalue weighted by Crippen LogP contribution is 2.35. The van der Waals surface area contributed by atoms with Crippen LogP contribution in [0.5, 0.6) is 5.88 Å². The van der Waals surface area contributed by atoms with Gasteiger partial charge in [0.1, 0.15) is 11.6 Å². The number of halogens is 1. The fraction of sp³-hybridized carbons (Fsp3) is 0.400. The number of rotatable bonds is 3. The molecule has 5 nitrogen and oxygen atoms in total. The van der Waals surface area contributed by atoms with Gasteiger partial charge in [-0.3, -0.25) is 4.98 Å². The standard InChI is InChI=1S/C20H20ClN3O2/c21-13-5-7-14(8-6-13)24-20(26-15-3-1-2-4-15)16-11-22-18-9-10-25-12-17(18)19(16)23-24/h5-8,11,15H,1-4,9-10,12H2. The molecule has 2 aromatic heterocycles. The molecule has 3 heterocycles. The zero-order chi connectivity index (χ0) is 17.5. The molecule has 3 aromatic rings. The topological polar surface area (TPSA) is 49.2 Å². The van der Waals surface area contributed by atoms with Crippen molar-refractivity contribution in [2.75, 3.05) is 6.61 Å². The molecule has 1 fully saturated rings. The summed E-state index contributed by atoms with van der Waals surface area (Å²) in [5, 5.41) is 6.56. The van der Waals surface area contributed by atoms with Gasteiger partial charge in [0.25, 0.3) is 0 Å². The first-order chi connectivity index (χ1) is 12.8. The smallest absolute Gasteiger partial charge is 0.226 e. The second-order valence-electron chi connectivity index (χ2n) is 6.97. The summed E-state index contributed by atoms with van der Waals surface area (Å²) in [5.74, 6) is 0.773. The highest BCUT2D eigenvalue weighted by Gasteiger charge is 2.25. The maximum atomic E-state index is 6.42. The Kier molecular flexibility index (Phi) is 4.06. The summed E-state index contributed by atoms with van der Waals surface area (Å²) in [6.45, 7) is 1.27. The number of pyridine rings is 1. The Labute approximate surface area is 156 Å². The summed E-state index contributed by atoms with van der Waals surface area (Å²) in [5.41, 5.74) is 4.02. The number of hydrogen-bond acceptors (Lipinski definition) is 4. The Morgan fingerprint density at radius 2 is 1.96 bits per heavy atom. The largest absolute Gasteiger partial charge is 0.474 e. The number of ether oxygens (including phenoxy) is 2. The molecule has 2 aliphatic rings. The lowest BCUT2D eigenvalue weighted by atomic mass is 10.1. The first-order valence-corrected chi connectivity index (χ1v) is 9.57. The third-order valence-electron chi connectivity index (χ3n) is 5.24. The predicted molar refractivity (Wildman–Crippen MR) is 100 cm³/mol. The Morgan fingerprint density at radius 1 is 1.15 bits per heavy atom. The molecule has 1 aliphatic heterocycles. The number of aromatic nitrogens is 3. The van der Waals surface area contributed by atoms with E-state index in [9.17, 15) is 0 Å². The minimum atomic E-state index is 0.244. The minimum Gasteiger partial charge on any atom is -0.474 e. The second kappa shape index (κ2) is 6.56. The summed E-state index contributed by atoms with van der Waals surface area (Å²) in [7, 11) is 0. The Bertz CT molecular complexity index is 946. The van der Waals surface area contributed by atoms with Crippen LogP contribution in [0.25, 0.3) is 16.6 Å². The number of benzene rings is 1. The van der Waals surface area contributed by atoms with E-state index in [1.165, 1.54) is 12.8 Å². The molecule has 6 heteroatoms. The van der Waals surface area contributed by atoms with Gasteiger partial charge < -0.3 is 9.47 Å². The van der Waals surface area contributed by atoms with Gasteiger partial charge >= 0.3 is 0 Å². The SMILES string of the molecule is Clc1ccc(-n2nc3c4c(ncc3c2OC2CCCC2)CCOC4)cc1. The van der Waals surface area contributed by atoms with Crippen molar-refractivity contribution < 1.29 is 9.47 Å². The van der Waals surface area contributed by atoms with E-state index >= 15 is 0 Å². The van der Waals surface area contributed by atoms with Gasteiger partial charge in [-0.2, -0.15) is 9.78 Å². The number of fused-ring (bicyclic) bond motifs is 3. The van der Waals surface area contributed by atoms with E-state index in [0.717, 1.165) is 59.6 Å². The average Bonchev–Trinajstić information content (AvgIpc) is 3.31. The quantitative estimate of drug-likeness (QED) is 0.683. The first-order valence-electron chi connectivity index (χ1n) is 9.19. The maximum absolute atomic E-state index is 6.42. The van der Waals surface area contributed by atoms with E-state index in [1.54, 1.807) is 0 Å². The van der Waals surface area contributed by atoms with Crippen LogP contribution in [0.2, 0.25) is 5.02 Å². The van der Waals surface area contributed by atoms with Crippen LogP contribution in [0.3, 0.4) is 0 Å². The van der Waals surface area contributed by atoms with Crippen LogP contribution < -0.4 is 4.74 Å². The van der Waals surface area contributed by atoms with Gasteiger partial charge in [-0.05, 0) is 49.9 Å². The number of nitrogens with zero attached hydrogens (tertiary/aromatic N) is 3. The van der Waals surface area contributed by atoms with Crippen molar-refractivity contribution in [2.24, 2.45) is 0 Å². The molecule has 134 valence electrons. The zero-order valence-electron chi connectivity index (χ0n) is 14.4. The summed E-state index contributed by atoms with van der Waals surface area (Å²) >= 11 is 6.06. The van der Waals surface area contributed by atoms with Gasteiger partial charge in [0.15, 0.2) is 0 Å². The fourth-order valence-electron chi connectivity index (χ4n) is 3.86. The summed E-state index contributed by atoms with van der Waals surface area (Å²) < 4.78 is 14.0. The van der Waals surface area contributed by atoms with Crippen LogP contribution in [0.1, 0.15) is 36.9 Å². The van der Waals surface area contributed by atoms with E-state index in [2.05, 4.69) is 4.98 Å². The molecule has 0 amide bonds. The molecule has 1 aliphatic carbocycles. The van der Waals surface area contributed by atoms with Crippen LogP contribution >= 0.6 is 11.6 Å². The monoisotopic (exact) mass is 369 g/mol. The Morgan fingerprint density at radius 3 is 2.77 bits per heavy atom. The molecule has 0 spiro atoms. The minimum absolute atomic E-state index is 0.244. The van der Waals surface area contributed by atoms with Crippen molar-refractivity contribution in [1.82, 2.24) is 14.8 Å². The highest BCUT2D eigenvalue weighted by molar-refractivity contribution is 6.30. The molecule has 0 saturated heterocycles. The maximum Gasteiger partial charge on any atom is 0.226 e. The van der Waals surface area contributed by atoms with Crippen LogP contribution in [0, 0.1) is 0 Å². The lowest BCUT2D eigenvalue weighted by Crippen LogP contribution is -2.14. The highest BCUT2D eigenvalue weighted by atomic mass is 35.5. The van der Waals surface area contributed by atoms with Gasteiger partial charge in [-0.15, -0.1) is 0 Å². The third kappa shape index (κ3) is 2.75. The molecule has 1 aromatic carbocycles. The fourth-order valence-corrected chi connectivity index (χ4v) is 3.98. The molecule has 26 heavy (non-hydrogen) atoms. The lowest BCUT2D eigenvalue weighted by molar-refractivity contribution is 0.110. The Balaban J connectivity index is 1.69. The third-order valence-corrected chi connectivity index (χ3v) is 5.49. The molecule has 0 atom stereocenters. The Hall–Kier alpha value is -2.11. The lowest BCUT2D eigenvalue weighted by Gasteiger charge is -2.16. The molecule has 0 bridgehead atoms. The summed E-state index contributed by atoms with van der Waals surface area (Å²) in [6.07, 6.45) is 7.61. The van der Waals surface area contributed by atoms with Crippen LogP contribution in [0.15, 0.2) is 30.5 Å². The zero-order valence-corrected chi connectivity index (χ0v) is 15.2. The van der Waals surface area contributed by atoms with E-state index in [-0.39, 0.29) is 6.10 Å². The van der Waals surface area contributed by atoms with Gasteiger partial charge in [-0.1, -0.05) is 11.6 Å². The van der Waals surface area contributed by atoms with Gasteiger partial charge in [0, 0.05) is 23.2 Å². The number of hydrogen-bond donors (Lipinski definition) is 0. The van der Waals surface area contributed by atoms with E-state index in [4.69, 9.17) is 26.2 Å². The molecule has 0 radical (unpaired) electrons. The van der Waals surface area contributed by atoms with Crippen molar-refractivity contribution >= 4 is 22.5 Å². The molecule has 0 N–H and O–H groups in total. The van der Waals surface area contributed by atoms with Crippen molar-refractivity contribution in [3.05, 3.63) is 46.7 Å². The summed E-state index contributed by atoms with van der Waals surface area (Å²) in [6, 6.07) is 7.68.